The van der Waals surface area contributed by atoms with Crippen LogP contribution in [-0.2, 0) is 4.79 Å². The minimum Gasteiger partial charge on any atom is -0.481 e. The highest BCUT2D eigenvalue weighted by Gasteiger charge is 2.23. The lowest BCUT2D eigenvalue weighted by atomic mass is 10.0. The molecule has 0 aliphatic rings. The fraction of sp³-hybridized carbons (Fsp3) is 0.533. The van der Waals surface area contributed by atoms with Gasteiger partial charge in [0.2, 0.25) is 0 Å². The number of halogens is 1. The first-order valence-corrected chi connectivity index (χ1v) is 6.50. The molecule has 0 aromatic heterocycles. The van der Waals surface area contributed by atoms with E-state index in [2.05, 4.69) is 5.32 Å². The summed E-state index contributed by atoms with van der Waals surface area (Å²) in [5, 5.41) is 2.90. The molecule has 1 N–H and O–H groups in total. The van der Waals surface area contributed by atoms with Gasteiger partial charge in [-0.05, 0) is 45.7 Å². The van der Waals surface area contributed by atoms with Crippen LogP contribution in [0, 0.1) is 12.7 Å². The molecule has 0 aliphatic carbocycles. The highest BCUT2D eigenvalue weighted by molar-refractivity contribution is 5.81. The van der Waals surface area contributed by atoms with Crippen LogP contribution in [0.25, 0.3) is 0 Å². The number of aryl methyl sites for hydroxylation is 1. The van der Waals surface area contributed by atoms with Crippen LogP contribution in [0.5, 0.6) is 5.75 Å². The Hall–Kier alpha value is -1.58. The van der Waals surface area contributed by atoms with Crippen molar-refractivity contribution < 1.29 is 13.9 Å². The smallest absolute Gasteiger partial charge is 0.261 e. The van der Waals surface area contributed by atoms with Crippen molar-refractivity contribution in [3.8, 4) is 5.75 Å². The summed E-state index contributed by atoms with van der Waals surface area (Å²) in [6.45, 7) is 9.37. The Bertz CT molecular complexity index is 457. The predicted octanol–water partition coefficient (Wildman–Crippen LogP) is 3.21. The van der Waals surface area contributed by atoms with Crippen LogP contribution < -0.4 is 10.1 Å². The summed E-state index contributed by atoms with van der Waals surface area (Å²) in [4.78, 5) is 12.0. The van der Waals surface area contributed by atoms with E-state index in [0.717, 1.165) is 12.0 Å². The second-order valence-electron chi connectivity index (χ2n) is 5.40. The van der Waals surface area contributed by atoms with Gasteiger partial charge in [0.05, 0.1) is 0 Å². The SMILES string of the molecule is CCC(C)(C)NC(=O)C(C)Oc1cc(F)ccc1C. The Morgan fingerprint density at radius 1 is 1.47 bits per heavy atom. The molecule has 1 rings (SSSR count). The maximum atomic E-state index is 13.1. The first-order valence-electron chi connectivity index (χ1n) is 6.50. The maximum absolute atomic E-state index is 13.1. The van der Waals surface area contributed by atoms with Crippen molar-refractivity contribution in [1.82, 2.24) is 5.32 Å². The fourth-order valence-corrected chi connectivity index (χ4v) is 1.47. The number of carbonyl (C=O) groups is 1. The third kappa shape index (κ3) is 4.54. The molecule has 1 aromatic carbocycles. The lowest BCUT2D eigenvalue weighted by molar-refractivity contribution is -0.129. The molecule has 0 aliphatic heterocycles. The minimum absolute atomic E-state index is 0.199. The number of hydrogen-bond donors (Lipinski definition) is 1. The van der Waals surface area contributed by atoms with Crippen molar-refractivity contribution >= 4 is 5.91 Å². The quantitative estimate of drug-likeness (QED) is 0.889. The van der Waals surface area contributed by atoms with Crippen molar-refractivity contribution in [2.24, 2.45) is 0 Å². The lowest BCUT2D eigenvalue weighted by Crippen LogP contribution is -2.48. The van der Waals surface area contributed by atoms with Gasteiger partial charge in [-0.3, -0.25) is 4.79 Å². The third-order valence-electron chi connectivity index (χ3n) is 3.17. The van der Waals surface area contributed by atoms with Crippen LogP contribution in [0.4, 0.5) is 4.39 Å². The molecule has 1 aromatic rings. The van der Waals surface area contributed by atoms with Crippen LogP contribution in [0.3, 0.4) is 0 Å². The topological polar surface area (TPSA) is 38.3 Å². The van der Waals surface area contributed by atoms with Gasteiger partial charge >= 0.3 is 0 Å². The first-order chi connectivity index (χ1) is 8.75. The lowest BCUT2D eigenvalue weighted by Gasteiger charge is -2.26. The van der Waals surface area contributed by atoms with E-state index in [9.17, 15) is 9.18 Å². The van der Waals surface area contributed by atoms with Crippen molar-refractivity contribution in [3.05, 3.63) is 29.6 Å². The number of ether oxygens (including phenoxy) is 1. The van der Waals surface area contributed by atoms with E-state index in [-0.39, 0.29) is 17.3 Å². The molecule has 0 fully saturated rings. The molecule has 0 radical (unpaired) electrons. The summed E-state index contributed by atoms with van der Waals surface area (Å²) in [6, 6.07) is 4.29. The number of hydrogen-bond acceptors (Lipinski definition) is 2. The van der Waals surface area contributed by atoms with Crippen molar-refractivity contribution in [2.75, 3.05) is 0 Å². The summed E-state index contributed by atoms with van der Waals surface area (Å²) in [5.74, 6) is -0.172. The normalized spacial score (nSPS) is 12.9. The van der Waals surface area contributed by atoms with Gasteiger partial charge in [0.1, 0.15) is 11.6 Å². The Morgan fingerprint density at radius 2 is 2.11 bits per heavy atom. The zero-order valence-corrected chi connectivity index (χ0v) is 12.2. The summed E-state index contributed by atoms with van der Waals surface area (Å²) in [7, 11) is 0. The molecule has 0 bridgehead atoms. The van der Waals surface area contributed by atoms with Gasteiger partial charge in [-0.25, -0.2) is 4.39 Å². The second kappa shape index (κ2) is 6.04. The standard InChI is InChI=1S/C15H22FNO2/c1-6-15(4,5)17-14(18)11(3)19-13-9-12(16)8-7-10(13)2/h7-9,11H,6H2,1-5H3,(H,17,18). The Balaban J connectivity index is 2.71. The molecular formula is C15H22FNO2. The molecule has 106 valence electrons. The zero-order chi connectivity index (χ0) is 14.6. The van der Waals surface area contributed by atoms with E-state index >= 15 is 0 Å². The van der Waals surface area contributed by atoms with Gasteiger partial charge in [-0.1, -0.05) is 13.0 Å². The Morgan fingerprint density at radius 3 is 2.68 bits per heavy atom. The van der Waals surface area contributed by atoms with Crippen LogP contribution >= 0.6 is 0 Å². The number of amides is 1. The molecular weight excluding hydrogens is 245 g/mol. The van der Waals surface area contributed by atoms with Crippen molar-refractivity contribution in [3.63, 3.8) is 0 Å². The van der Waals surface area contributed by atoms with Crippen LogP contribution in [0.1, 0.15) is 39.7 Å². The highest BCUT2D eigenvalue weighted by atomic mass is 19.1. The van der Waals surface area contributed by atoms with Crippen LogP contribution in [-0.4, -0.2) is 17.6 Å². The van der Waals surface area contributed by atoms with Gasteiger partial charge in [0.25, 0.3) is 5.91 Å². The third-order valence-corrected chi connectivity index (χ3v) is 3.17. The largest absolute Gasteiger partial charge is 0.481 e. The molecule has 0 spiro atoms. The minimum atomic E-state index is -0.661. The van der Waals surface area contributed by atoms with E-state index in [0.29, 0.717) is 5.75 Å². The molecule has 19 heavy (non-hydrogen) atoms. The predicted molar refractivity (Wildman–Crippen MR) is 73.7 cm³/mol. The molecule has 0 heterocycles. The fourth-order valence-electron chi connectivity index (χ4n) is 1.47. The molecule has 1 amide bonds. The first kappa shape index (κ1) is 15.5. The molecule has 1 atom stereocenters. The van der Waals surface area contributed by atoms with E-state index in [1.165, 1.54) is 12.1 Å². The van der Waals surface area contributed by atoms with E-state index < -0.39 is 6.10 Å². The second-order valence-corrected chi connectivity index (χ2v) is 5.40. The van der Waals surface area contributed by atoms with Gasteiger partial charge in [-0.15, -0.1) is 0 Å². The van der Waals surface area contributed by atoms with Crippen LogP contribution in [0.15, 0.2) is 18.2 Å². The van der Waals surface area contributed by atoms with E-state index in [1.54, 1.807) is 13.0 Å². The molecule has 0 saturated carbocycles. The summed E-state index contributed by atoms with van der Waals surface area (Å²) in [5.41, 5.74) is 0.530. The van der Waals surface area contributed by atoms with Gasteiger partial charge in [0, 0.05) is 11.6 Å². The van der Waals surface area contributed by atoms with E-state index in [4.69, 9.17) is 4.74 Å². The van der Waals surface area contributed by atoms with Gasteiger partial charge < -0.3 is 10.1 Å². The average Bonchev–Trinajstić information content (AvgIpc) is 2.33. The van der Waals surface area contributed by atoms with Gasteiger partial charge in [0.15, 0.2) is 6.10 Å². The number of benzene rings is 1. The van der Waals surface area contributed by atoms with Gasteiger partial charge in [-0.2, -0.15) is 0 Å². The number of rotatable bonds is 5. The molecule has 1 unspecified atom stereocenters. The summed E-state index contributed by atoms with van der Waals surface area (Å²) in [6.07, 6.45) is 0.163. The number of carbonyl (C=O) groups excluding carboxylic acids is 1. The number of nitrogens with one attached hydrogen (secondary N) is 1. The Kier molecular flexibility index (Phi) is 4.92. The highest BCUT2D eigenvalue weighted by Crippen LogP contribution is 2.20. The molecule has 4 heteroatoms. The van der Waals surface area contributed by atoms with E-state index in [1.807, 2.05) is 27.7 Å². The van der Waals surface area contributed by atoms with Crippen LogP contribution in [0.2, 0.25) is 0 Å². The molecule has 3 nitrogen and oxygen atoms in total. The maximum Gasteiger partial charge on any atom is 0.261 e. The summed E-state index contributed by atoms with van der Waals surface area (Å²) < 4.78 is 18.7. The molecule has 0 saturated heterocycles. The van der Waals surface area contributed by atoms with Crippen molar-refractivity contribution in [2.45, 2.75) is 52.7 Å². The van der Waals surface area contributed by atoms with Crippen molar-refractivity contribution in [1.29, 1.82) is 0 Å². The zero-order valence-electron chi connectivity index (χ0n) is 12.2. The monoisotopic (exact) mass is 267 g/mol. The Labute approximate surface area is 114 Å². The average molecular weight is 267 g/mol. The summed E-state index contributed by atoms with van der Waals surface area (Å²) >= 11 is 0.